The van der Waals surface area contributed by atoms with Gasteiger partial charge >= 0.3 is 5.97 Å². The van der Waals surface area contributed by atoms with Crippen LogP contribution in [-0.4, -0.2) is 42.3 Å². The summed E-state index contributed by atoms with van der Waals surface area (Å²) in [5.41, 5.74) is 1.23. The molecule has 2 fully saturated rings. The minimum absolute atomic E-state index is 0.116. The Morgan fingerprint density at radius 1 is 0.963 bits per heavy atom. The van der Waals surface area contributed by atoms with E-state index >= 15 is 0 Å². The molecule has 1 atom stereocenters. The minimum Gasteiger partial charge on any atom is -0.465 e. The maximum atomic E-state index is 12.5. The molecule has 0 bridgehead atoms. The maximum Gasteiger partial charge on any atom is 0.310 e. The third-order valence-corrected chi connectivity index (χ3v) is 5.69. The summed E-state index contributed by atoms with van der Waals surface area (Å²) in [6, 6.07) is 10.1. The highest BCUT2D eigenvalue weighted by Crippen LogP contribution is 2.26. The van der Waals surface area contributed by atoms with Crippen molar-refractivity contribution in [1.82, 2.24) is 4.90 Å². The van der Waals surface area contributed by atoms with E-state index in [9.17, 15) is 14.4 Å². The quantitative estimate of drug-likeness (QED) is 0.420. The summed E-state index contributed by atoms with van der Waals surface area (Å²) < 4.78 is 5.39. The lowest BCUT2D eigenvalue weighted by Crippen LogP contribution is -2.39. The number of nitrogens with zero attached hydrogens (tertiary/aromatic N) is 1. The highest BCUT2D eigenvalue weighted by atomic mass is 16.5. The highest BCUT2D eigenvalue weighted by molar-refractivity contribution is 6.36. The number of hydrogen-bond acceptors (Lipinski definition) is 4. The number of aryl methyl sites for hydroxylation is 1. The van der Waals surface area contributed by atoms with Gasteiger partial charge in [0.05, 0.1) is 12.5 Å². The van der Waals surface area contributed by atoms with Gasteiger partial charge in [-0.2, -0.15) is 0 Å². The molecule has 2 aliphatic rings. The molecule has 1 saturated heterocycles. The van der Waals surface area contributed by atoms with E-state index in [2.05, 4.69) is 12.1 Å². The molecule has 0 N–H and O–H groups in total. The molecule has 0 radical (unpaired) electrons. The second kappa shape index (κ2) is 9.67. The number of likely N-dealkylation sites (tertiary alicyclic amines) is 1. The Bertz CT molecular complexity index is 652. The molecule has 1 saturated carbocycles. The van der Waals surface area contributed by atoms with Gasteiger partial charge in [-0.05, 0) is 37.7 Å². The zero-order valence-corrected chi connectivity index (χ0v) is 15.9. The Morgan fingerprint density at radius 3 is 2.44 bits per heavy atom. The van der Waals surface area contributed by atoms with E-state index in [4.69, 9.17) is 4.74 Å². The minimum atomic E-state index is -0.402. The van der Waals surface area contributed by atoms with Gasteiger partial charge in [0.25, 0.3) is 5.91 Å². The summed E-state index contributed by atoms with van der Waals surface area (Å²) in [6.07, 6.45) is 7.10. The number of benzene rings is 1. The molecule has 5 heteroatoms. The molecule has 1 aliphatic heterocycles. The first-order chi connectivity index (χ1) is 13.1. The topological polar surface area (TPSA) is 63.7 Å². The van der Waals surface area contributed by atoms with Crippen LogP contribution in [0, 0.1) is 11.8 Å². The maximum absolute atomic E-state index is 12.5. The molecular weight excluding hydrogens is 342 g/mol. The van der Waals surface area contributed by atoms with Crippen LogP contribution in [0.4, 0.5) is 0 Å². The fourth-order valence-electron chi connectivity index (χ4n) is 4.04. The highest BCUT2D eigenvalue weighted by Gasteiger charge is 2.36. The molecule has 1 aromatic carbocycles. The number of ether oxygens (including phenoxy) is 1. The van der Waals surface area contributed by atoms with Crippen LogP contribution >= 0.6 is 0 Å². The van der Waals surface area contributed by atoms with Crippen LogP contribution in [0.3, 0.4) is 0 Å². The van der Waals surface area contributed by atoms with Crippen LogP contribution < -0.4 is 0 Å². The van der Waals surface area contributed by atoms with Crippen LogP contribution in [0.25, 0.3) is 0 Å². The molecule has 1 amide bonds. The van der Waals surface area contributed by atoms with E-state index in [0.29, 0.717) is 26.1 Å². The predicted molar refractivity (Wildman–Crippen MR) is 102 cm³/mol. The number of hydrogen-bond donors (Lipinski definition) is 0. The number of carbonyl (C=O) groups is 3. The monoisotopic (exact) mass is 371 g/mol. The van der Waals surface area contributed by atoms with Crippen LogP contribution in [-0.2, 0) is 25.5 Å². The van der Waals surface area contributed by atoms with E-state index in [1.807, 2.05) is 18.2 Å². The molecule has 1 aromatic rings. The summed E-state index contributed by atoms with van der Waals surface area (Å²) in [4.78, 5) is 38.7. The SMILES string of the molecule is O=C(OCCCc1ccccc1)C1CCN(C(=O)C(=O)C2CCCCC2)C1. The van der Waals surface area contributed by atoms with E-state index < -0.39 is 5.91 Å². The van der Waals surface area contributed by atoms with Crippen molar-refractivity contribution in [3.8, 4) is 0 Å². The second-order valence-corrected chi connectivity index (χ2v) is 7.69. The second-order valence-electron chi connectivity index (χ2n) is 7.69. The summed E-state index contributed by atoms with van der Waals surface area (Å²) in [7, 11) is 0. The molecular formula is C22H29NO4. The van der Waals surface area contributed by atoms with Gasteiger partial charge in [0.1, 0.15) is 0 Å². The van der Waals surface area contributed by atoms with Gasteiger partial charge in [-0.15, -0.1) is 0 Å². The summed E-state index contributed by atoms with van der Waals surface area (Å²) >= 11 is 0. The van der Waals surface area contributed by atoms with Crippen molar-refractivity contribution in [3.05, 3.63) is 35.9 Å². The Kier molecular flexibility index (Phi) is 7.02. The van der Waals surface area contributed by atoms with Crippen LogP contribution in [0.5, 0.6) is 0 Å². The standard InChI is InChI=1S/C22H29NO4/c24-20(18-11-5-2-6-12-18)21(25)23-14-13-19(16-23)22(26)27-15-7-10-17-8-3-1-4-9-17/h1,3-4,8-9,18-19H,2,5-7,10-16H2. The van der Waals surface area contributed by atoms with Crippen molar-refractivity contribution in [2.45, 2.75) is 51.4 Å². The lowest BCUT2D eigenvalue weighted by atomic mass is 9.86. The summed E-state index contributed by atoms with van der Waals surface area (Å²) in [6.45, 7) is 1.18. The van der Waals surface area contributed by atoms with Crippen LogP contribution in [0.1, 0.15) is 50.5 Å². The largest absolute Gasteiger partial charge is 0.465 e. The number of rotatable bonds is 7. The Hall–Kier alpha value is -2.17. The van der Waals surface area contributed by atoms with Gasteiger partial charge in [0, 0.05) is 19.0 Å². The van der Waals surface area contributed by atoms with Gasteiger partial charge in [-0.25, -0.2) is 0 Å². The normalized spacial score (nSPS) is 20.4. The van der Waals surface area contributed by atoms with E-state index in [1.54, 1.807) is 4.90 Å². The Balaban J connectivity index is 1.38. The third-order valence-electron chi connectivity index (χ3n) is 5.69. The van der Waals surface area contributed by atoms with Gasteiger partial charge in [0.2, 0.25) is 5.78 Å². The van der Waals surface area contributed by atoms with Gasteiger partial charge < -0.3 is 9.64 Å². The van der Waals surface area contributed by atoms with E-state index in [1.165, 1.54) is 5.56 Å². The predicted octanol–water partition coefficient (Wildman–Crippen LogP) is 3.16. The number of carbonyl (C=O) groups excluding carboxylic acids is 3. The zero-order valence-electron chi connectivity index (χ0n) is 15.9. The van der Waals surface area contributed by atoms with Crippen molar-refractivity contribution >= 4 is 17.7 Å². The first-order valence-electron chi connectivity index (χ1n) is 10.2. The summed E-state index contributed by atoms with van der Waals surface area (Å²) in [5.74, 6) is -1.32. The lowest BCUT2D eigenvalue weighted by molar-refractivity contribution is -0.149. The average molecular weight is 371 g/mol. The Labute approximate surface area is 161 Å². The van der Waals surface area contributed by atoms with Crippen molar-refractivity contribution < 1.29 is 19.1 Å². The van der Waals surface area contributed by atoms with Crippen LogP contribution in [0.2, 0.25) is 0 Å². The fourth-order valence-corrected chi connectivity index (χ4v) is 4.04. The third kappa shape index (κ3) is 5.41. The van der Waals surface area contributed by atoms with Gasteiger partial charge in [-0.1, -0.05) is 49.6 Å². The first kappa shape index (κ1) is 19.6. The number of amides is 1. The smallest absolute Gasteiger partial charge is 0.310 e. The van der Waals surface area contributed by atoms with Gasteiger partial charge in [0.15, 0.2) is 0 Å². The molecule has 5 nitrogen and oxygen atoms in total. The Morgan fingerprint density at radius 2 is 1.70 bits per heavy atom. The first-order valence-corrected chi connectivity index (χ1v) is 10.2. The molecule has 3 rings (SSSR count). The number of Topliss-reactive ketones (excluding diaryl/α,β-unsaturated/α-hetero) is 1. The van der Waals surface area contributed by atoms with E-state index in [0.717, 1.165) is 44.9 Å². The van der Waals surface area contributed by atoms with E-state index in [-0.39, 0.29) is 23.6 Å². The molecule has 146 valence electrons. The molecule has 1 aliphatic carbocycles. The number of ketones is 1. The molecule has 1 unspecified atom stereocenters. The average Bonchev–Trinajstić information content (AvgIpc) is 3.22. The molecule has 27 heavy (non-hydrogen) atoms. The van der Waals surface area contributed by atoms with Gasteiger partial charge in [-0.3, -0.25) is 14.4 Å². The summed E-state index contributed by atoms with van der Waals surface area (Å²) in [5, 5.41) is 0. The lowest BCUT2D eigenvalue weighted by Gasteiger charge is -2.22. The molecule has 1 heterocycles. The van der Waals surface area contributed by atoms with Crippen LogP contribution in [0.15, 0.2) is 30.3 Å². The van der Waals surface area contributed by atoms with Crippen molar-refractivity contribution in [2.75, 3.05) is 19.7 Å². The molecule has 0 aromatic heterocycles. The van der Waals surface area contributed by atoms with Crippen molar-refractivity contribution in [1.29, 1.82) is 0 Å². The molecule has 0 spiro atoms. The number of esters is 1. The van der Waals surface area contributed by atoms with Crippen molar-refractivity contribution in [3.63, 3.8) is 0 Å². The zero-order chi connectivity index (χ0) is 19.1. The van der Waals surface area contributed by atoms with Crippen molar-refractivity contribution in [2.24, 2.45) is 11.8 Å². The fraction of sp³-hybridized carbons (Fsp3) is 0.591.